The average Bonchev–Trinajstić information content (AvgIpc) is 3.19. The second-order valence-electron chi connectivity index (χ2n) is 8.21. The Balaban J connectivity index is 1.32. The molecule has 3 N–H and O–H groups in total. The Morgan fingerprint density at radius 3 is 2.11 bits per heavy atom. The van der Waals surface area contributed by atoms with E-state index >= 15 is 0 Å². The summed E-state index contributed by atoms with van der Waals surface area (Å²) >= 11 is 0. The molecule has 0 spiro atoms. The van der Waals surface area contributed by atoms with E-state index in [2.05, 4.69) is 34.9 Å². The summed E-state index contributed by atoms with van der Waals surface area (Å²) in [5, 5.41) is 14.2. The summed E-state index contributed by atoms with van der Waals surface area (Å²) in [4.78, 5) is 35.3. The van der Waals surface area contributed by atoms with Gasteiger partial charge in [-0.05, 0) is 52.4 Å². The highest BCUT2D eigenvalue weighted by molar-refractivity contribution is 5.94. The lowest BCUT2D eigenvalue weighted by Gasteiger charge is -2.14. The van der Waals surface area contributed by atoms with Gasteiger partial charge in [-0.25, -0.2) is 9.59 Å². The normalized spacial score (nSPS) is 13.1. The van der Waals surface area contributed by atoms with Gasteiger partial charge in [0.25, 0.3) is 0 Å². The predicted molar refractivity (Wildman–Crippen MR) is 134 cm³/mol. The maximum Gasteiger partial charge on any atom is 0.411 e. The molecule has 1 aliphatic carbocycles. The molecule has 0 bridgehead atoms. The minimum absolute atomic E-state index is 0.0137. The van der Waals surface area contributed by atoms with E-state index in [4.69, 9.17) is 9.84 Å². The fourth-order valence-electron chi connectivity index (χ4n) is 4.16. The molecule has 0 aromatic heterocycles. The number of aliphatic carboxylic acids is 1. The van der Waals surface area contributed by atoms with Gasteiger partial charge in [0.2, 0.25) is 5.91 Å². The molecule has 35 heavy (non-hydrogen) atoms. The third-order valence-corrected chi connectivity index (χ3v) is 5.95. The van der Waals surface area contributed by atoms with E-state index in [-0.39, 0.29) is 12.5 Å². The van der Waals surface area contributed by atoms with Gasteiger partial charge in [-0.3, -0.25) is 10.1 Å². The van der Waals surface area contributed by atoms with Crippen molar-refractivity contribution in [1.29, 1.82) is 0 Å². The Morgan fingerprint density at radius 2 is 1.54 bits per heavy atom. The highest BCUT2D eigenvalue weighted by atomic mass is 16.5. The first-order valence-electron chi connectivity index (χ1n) is 11.4. The third-order valence-electron chi connectivity index (χ3n) is 5.95. The van der Waals surface area contributed by atoms with Gasteiger partial charge in [0, 0.05) is 17.7 Å². The summed E-state index contributed by atoms with van der Waals surface area (Å²) < 4.78 is 5.55. The number of nitrogens with one attached hydrogen (secondary N) is 2. The van der Waals surface area contributed by atoms with Crippen molar-refractivity contribution in [1.82, 2.24) is 5.32 Å². The standard InChI is InChI=1S/C28H26N2O5/c1-2-25(27(32)33)30-26(31)16-13-18-11-14-19(15-12-18)29-28(34)35-17-24-22-9-5-3-7-20(22)21-8-4-6-10-23(21)24/h3-16,24-25H,2,17H2,1H3,(H,29,34)(H,30,31)(H,32,33)/b16-13+/t25-/m0/s1. The number of benzene rings is 3. The molecule has 178 valence electrons. The summed E-state index contributed by atoms with van der Waals surface area (Å²) in [6, 6.07) is 22.3. The number of carboxylic acids is 1. The molecule has 0 aliphatic heterocycles. The van der Waals surface area contributed by atoms with Crippen LogP contribution < -0.4 is 10.6 Å². The molecule has 1 atom stereocenters. The van der Waals surface area contributed by atoms with Crippen LogP contribution in [0.5, 0.6) is 0 Å². The average molecular weight is 471 g/mol. The van der Waals surface area contributed by atoms with Crippen LogP contribution in [0.4, 0.5) is 10.5 Å². The Morgan fingerprint density at radius 1 is 0.943 bits per heavy atom. The van der Waals surface area contributed by atoms with Crippen LogP contribution in [-0.4, -0.2) is 35.7 Å². The topological polar surface area (TPSA) is 105 Å². The molecule has 0 saturated carbocycles. The number of ether oxygens (including phenoxy) is 1. The molecule has 1 aliphatic rings. The SMILES string of the molecule is CC[C@H](NC(=O)/C=C/c1ccc(NC(=O)OCC2c3ccccc3-c3ccccc32)cc1)C(=O)O. The lowest BCUT2D eigenvalue weighted by atomic mass is 9.98. The summed E-state index contributed by atoms with van der Waals surface area (Å²) in [5.41, 5.74) is 5.91. The molecule has 7 heteroatoms. The number of fused-ring (bicyclic) bond motifs is 3. The predicted octanol–water partition coefficient (Wildman–Crippen LogP) is 5.04. The van der Waals surface area contributed by atoms with Crippen LogP contribution in [0.3, 0.4) is 0 Å². The molecule has 0 radical (unpaired) electrons. The van der Waals surface area contributed by atoms with Gasteiger partial charge in [-0.2, -0.15) is 0 Å². The smallest absolute Gasteiger partial charge is 0.411 e. The van der Waals surface area contributed by atoms with Crippen LogP contribution in [0.2, 0.25) is 0 Å². The van der Waals surface area contributed by atoms with Gasteiger partial charge in [0.15, 0.2) is 0 Å². The van der Waals surface area contributed by atoms with E-state index in [1.54, 1.807) is 37.3 Å². The Labute approximate surface area is 203 Å². The highest BCUT2D eigenvalue weighted by Gasteiger charge is 2.29. The van der Waals surface area contributed by atoms with E-state index in [0.717, 1.165) is 16.7 Å². The zero-order chi connectivity index (χ0) is 24.8. The van der Waals surface area contributed by atoms with Gasteiger partial charge < -0.3 is 15.2 Å². The second-order valence-corrected chi connectivity index (χ2v) is 8.21. The molecular formula is C28H26N2O5. The number of hydrogen-bond donors (Lipinski definition) is 3. The van der Waals surface area contributed by atoms with Crippen molar-refractivity contribution in [2.24, 2.45) is 0 Å². The van der Waals surface area contributed by atoms with Crippen LogP contribution in [0.25, 0.3) is 17.2 Å². The Kier molecular flexibility index (Phi) is 7.26. The number of anilines is 1. The molecule has 0 fully saturated rings. The van der Waals surface area contributed by atoms with E-state index in [9.17, 15) is 14.4 Å². The zero-order valence-electron chi connectivity index (χ0n) is 19.2. The molecule has 0 saturated heterocycles. The lowest BCUT2D eigenvalue weighted by Crippen LogP contribution is -2.39. The maximum atomic E-state index is 12.4. The molecule has 4 rings (SSSR count). The minimum Gasteiger partial charge on any atom is -0.480 e. The van der Waals surface area contributed by atoms with Crippen LogP contribution in [-0.2, 0) is 14.3 Å². The Hall–Kier alpha value is -4.39. The monoisotopic (exact) mass is 470 g/mol. The molecule has 7 nitrogen and oxygen atoms in total. The van der Waals surface area contributed by atoms with E-state index < -0.39 is 24.0 Å². The summed E-state index contributed by atoms with van der Waals surface area (Å²) in [5.74, 6) is -1.57. The fourth-order valence-corrected chi connectivity index (χ4v) is 4.16. The van der Waals surface area contributed by atoms with Gasteiger partial charge >= 0.3 is 12.1 Å². The van der Waals surface area contributed by atoms with Crippen molar-refractivity contribution in [3.05, 3.63) is 95.6 Å². The lowest BCUT2D eigenvalue weighted by molar-refractivity contribution is -0.141. The van der Waals surface area contributed by atoms with Crippen LogP contribution in [0.15, 0.2) is 78.9 Å². The van der Waals surface area contributed by atoms with E-state index in [1.165, 1.54) is 17.2 Å². The number of rotatable bonds is 8. The first kappa shape index (κ1) is 23.8. The summed E-state index contributed by atoms with van der Waals surface area (Å²) in [6.45, 7) is 1.91. The number of hydrogen-bond acceptors (Lipinski definition) is 4. The van der Waals surface area contributed by atoms with Crippen molar-refractivity contribution in [3.63, 3.8) is 0 Å². The van der Waals surface area contributed by atoms with Crippen molar-refractivity contribution in [2.45, 2.75) is 25.3 Å². The quantitative estimate of drug-likeness (QED) is 0.400. The third kappa shape index (κ3) is 5.58. The molecule has 0 unspecified atom stereocenters. The van der Waals surface area contributed by atoms with E-state index in [1.807, 2.05) is 24.3 Å². The molecule has 3 aromatic rings. The Bertz CT molecular complexity index is 1220. The number of amides is 2. The number of carboxylic acid groups (broad SMARTS) is 1. The number of carbonyl (C=O) groups excluding carboxylic acids is 2. The minimum atomic E-state index is -1.07. The fraction of sp³-hybridized carbons (Fsp3) is 0.179. The molecule has 0 heterocycles. The van der Waals surface area contributed by atoms with Crippen molar-refractivity contribution >= 4 is 29.7 Å². The van der Waals surface area contributed by atoms with Crippen molar-refractivity contribution in [3.8, 4) is 11.1 Å². The first-order chi connectivity index (χ1) is 17.0. The highest BCUT2D eigenvalue weighted by Crippen LogP contribution is 2.44. The summed E-state index contributed by atoms with van der Waals surface area (Å²) in [7, 11) is 0. The van der Waals surface area contributed by atoms with Gasteiger partial charge in [-0.1, -0.05) is 67.6 Å². The molecular weight excluding hydrogens is 444 g/mol. The molecule has 2 amide bonds. The largest absolute Gasteiger partial charge is 0.480 e. The van der Waals surface area contributed by atoms with Crippen LogP contribution >= 0.6 is 0 Å². The van der Waals surface area contributed by atoms with Crippen molar-refractivity contribution < 1.29 is 24.2 Å². The van der Waals surface area contributed by atoms with Gasteiger partial charge in [-0.15, -0.1) is 0 Å². The van der Waals surface area contributed by atoms with Gasteiger partial charge in [0.05, 0.1) is 0 Å². The van der Waals surface area contributed by atoms with Crippen LogP contribution in [0, 0.1) is 0 Å². The second kappa shape index (κ2) is 10.7. The number of carbonyl (C=O) groups is 3. The van der Waals surface area contributed by atoms with Gasteiger partial charge in [0.1, 0.15) is 12.6 Å². The van der Waals surface area contributed by atoms with Crippen molar-refractivity contribution in [2.75, 3.05) is 11.9 Å². The maximum absolute atomic E-state index is 12.4. The zero-order valence-corrected chi connectivity index (χ0v) is 19.2. The molecule has 3 aromatic carbocycles. The summed E-state index contributed by atoms with van der Waals surface area (Å²) in [6.07, 6.45) is 2.60. The first-order valence-corrected chi connectivity index (χ1v) is 11.4. The van der Waals surface area contributed by atoms with Crippen LogP contribution in [0.1, 0.15) is 36.0 Å². The van der Waals surface area contributed by atoms with E-state index in [0.29, 0.717) is 12.1 Å².